The molecule has 1 N–H and O–H groups in total. The molecule has 5 heteroatoms. The number of rotatable bonds is 6. The average molecular weight is 312 g/mol. The topological polar surface area (TPSA) is 59.9 Å². The fraction of sp³-hybridized carbons (Fsp3) is 0.222. The lowest BCUT2D eigenvalue weighted by Gasteiger charge is -2.10. The van der Waals surface area contributed by atoms with E-state index < -0.39 is 0 Å². The molecule has 0 bridgehead atoms. The smallest absolute Gasteiger partial charge is 0.277 e. The number of ether oxygens (including phenoxy) is 2. The van der Waals surface area contributed by atoms with Crippen LogP contribution < -0.4 is 14.9 Å². The maximum atomic E-state index is 11.8. The summed E-state index contributed by atoms with van der Waals surface area (Å²) in [5, 5.41) is 3.91. The first-order chi connectivity index (χ1) is 11.1. The zero-order valence-electron chi connectivity index (χ0n) is 13.5. The number of nitrogens with zero attached hydrogens (tertiary/aromatic N) is 1. The molecule has 0 saturated carbocycles. The number of carbonyl (C=O) groups is 1. The van der Waals surface area contributed by atoms with E-state index in [4.69, 9.17) is 9.47 Å². The lowest BCUT2D eigenvalue weighted by molar-refractivity contribution is -0.123. The van der Waals surface area contributed by atoms with Crippen LogP contribution in [-0.4, -0.2) is 25.8 Å². The highest BCUT2D eigenvalue weighted by Gasteiger charge is 2.06. The van der Waals surface area contributed by atoms with Gasteiger partial charge in [0.05, 0.1) is 13.3 Å². The molecule has 0 fully saturated rings. The van der Waals surface area contributed by atoms with Crippen LogP contribution in [0.2, 0.25) is 0 Å². The van der Waals surface area contributed by atoms with Crippen molar-refractivity contribution in [1.29, 1.82) is 0 Å². The molecule has 0 radical (unpaired) electrons. The number of hydrogen-bond donors (Lipinski definition) is 1. The second kappa shape index (κ2) is 7.98. The Morgan fingerprint density at radius 1 is 1.17 bits per heavy atom. The molecule has 5 nitrogen and oxygen atoms in total. The molecule has 2 rings (SSSR count). The summed E-state index contributed by atoms with van der Waals surface area (Å²) in [5.41, 5.74) is 5.27. The Hall–Kier alpha value is -2.82. The third kappa shape index (κ3) is 4.85. The maximum Gasteiger partial charge on any atom is 0.277 e. The molecular weight excluding hydrogens is 292 g/mol. The van der Waals surface area contributed by atoms with E-state index in [9.17, 15) is 4.79 Å². The predicted octanol–water partition coefficient (Wildman–Crippen LogP) is 2.84. The summed E-state index contributed by atoms with van der Waals surface area (Å²) in [6.07, 6.45) is 1.55. The molecule has 0 unspecified atom stereocenters. The Kier molecular flexibility index (Phi) is 5.74. The van der Waals surface area contributed by atoms with Gasteiger partial charge in [0.2, 0.25) is 0 Å². The first-order valence-electron chi connectivity index (χ1n) is 7.25. The number of benzene rings is 2. The molecule has 2 aromatic carbocycles. The molecule has 1 amide bonds. The highest BCUT2D eigenvalue weighted by Crippen LogP contribution is 2.21. The second-order valence-electron chi connectivity index (χ2n) is 5.08. The van der Waals surface area contributed by atoms with Gasteiger partial charge < -0.3 is 9.47 Å². The fourth-order valence-corrected chi connectivity index (χ4v) is 2.10. The zero-order chi connectivity index (χ0) is 16.7. The van der Waals surface area contributed by atoms with Crippen molar-refractivity contribution < 1.29 is 14.3 Å². The quantitative estimate of drug-likeness (QED) is 0.659. The molecule has 0 aliphatic carbocycles. The van der Waals surface area contributed by atoms with E-state index in [2.05, 4.69) is 10.5 Å². The lowest BCUT2D eigenvalue weighted by Crippen LogP contribution is -2.25. The molecule has 23 heavy (non-hydrogen) atoms. The van der Waals surface area contributed by atoms with Crippen molar-refractivity contribution in [3.8, 4) is 11.5 Å². The van der Waals surface area contributed by atoms with Crippen LogP contribution in [0.1, 0.15) is 16.7 Å². The third-order valence-electron chi connectivity index (χ3n) is 3.25. The van der Waals surface area contributed by atoms with Gasteiger partial charge in [-0.15, -0.1) is 0 Å². The molecule has 120 valence electrons. The van der Waals surface area contributed by atoms with Crippen LogP contribution in [0, 0.1) is 13.8 Å². The van der Waals surface area contributed by atoms with Crippen LogP contribution in [0.3, 0.4) is 0 Å². The number of para-hydroxylation sites is 1. The van der Waals surface area contributed by atoms with Gasteiger partial charge in [0.1, 0.15) is 11.5 Å². The van der Waals surface area contributed by atoms with E-state index in [1.54, 1.807) is 13.3 Å². The number of amides is 1. The van der Waals surface area contributed by atoms with Gasteiger partial charge in [-0.1, -0.05) is 30.3 Å². The van der Waals surface area contributed by atoms with E-state index in [1.807, 2.05) is 56.3 Å². The first-order valence-corrected chi connectivity index (χ1v) is 7.25. The molecule has 0 heterocycles. The maximum absolute atomic E-state index is 11.8. The Morgan fingerprint density at radius 2 is 1.87 bits per heavy atom. The van der Waals surface area contributed by atoms with Gasteiger partial charge in [0.25, 0.3) is 5.91 Å². The molecule has 2 aromatic rings. The molecule has 0 spiro atoms. The van der Waals surface area contributed by atoms with Crippen molar-refractivity contribution >= 4 is 12.1 Å². The van der Waals surface area contributed by atoms with Crippen LogP contribution in [0.25, 0.3) is 0 Å². The lowest BCUT2D eigenvalue weighted by atomic mass is 10.1. The summed E-state index contributed by atoms with van der Waals surface area (Å²) in [6.45, 7) is 3.81. The second-order valence-corrected chi connectivity index (χ2v) is 5.08. The van der Waals surface area contributed by atoms with Crippen molar-refractivity contribution in [3.05, 3.63) is 59.2 Å². The van der Waals surface area contributed by atoms with Gasteiger partial charge in [-0.05, 0) is 42.7 Å². The molecule has 0 saturated heterocycles. The molecule has 0 aliphatic rings. The van der Waals surface area contributed by atoms with Crippen molar-refractivity contribution in [3.63, 3.8) is 0 Å². The van der Waals surface area contributed by atoms with Crippen molar-refractivity contribution in [2.75, 3.05) is 13.7 Å². The minimum absolute atomic E-state index is 0.0822. The largest absolute Gasteiger partial charge is 0.497 e. The van der Waals surface area contributed by atoms with Crippen LogP contribution in [0.5, 0.6) is 11.5 Å². The molecule has 0 aliphatic heterocycles. The van der Waals surface area contributed by atoms with Gasteiger partial charge in [0, 0.05) is 0 Å². The molecule has 0 aromatic heterocycles. The van der Waals surface area contributed by atoms with Crippen LogP contribution >= 0.6 is 0 Å². The normalized spacial score (nSPS) is 10.6. The van der Waals surface area contributed by atoms with E-state index >= 15 is 0 Å². The summed E-state index contributed by atoms with van der Waals surface area (Å²) < 4.78 is 10.7. The van der Waals surface area contributed by atoms with E-state index in [0.717, 1.165) is 28.2 Å². The SMILES string of the molecule is COc1cccc(C=NNC(=O)COc2c(C)cccc2C)c1. The number of methoxy groups -OCH3 is 1. The van der Waals surface area contributed by atoms with Crippen LogP contribution in [0.15, 0.2) is 47.6 Å². The summed E-state index contributed by atoms with van der Waals surface area (Å²) >= 11 is 0. The monoisotopic (exact) mass is 312 g/mol. The van der Waals surface area contributed by atoms with Gasteiger partial charge >= 0.3 is 0 Å². The Bertz CT molecular complexity index is 691. The van der Waals surface area contributed by atoms with Crippen molar-refractivity contribution in [1.82, 2.24) is 5.43 Å². The summed E-state index contributed by atoms with van der Waals surface area (Å²) in [4.78, 5) is 11.8. The minimum Gasteiger partial charge on any atom is -0.497 e. The van der Waals surface area contributed by atoms with Crippen molar-refractivity contribution in [2.45, 2.75) is 13.8 Å². The van der Waals surface area contributed by atoms with Crippen LogP contribution in [0.4, 0.5) is 0 Å². The van der Waals surface area contributed by atoms with E-state index in [-0.39, 0.29) is 12.5 Å². The van der Waals surface area contributed by atoms with Crippen molar-refractivity contribution in [2.24, 2.45) is 5.10 Å². The number of aryl methyl sites for hydroxylation is 2. The Balaban J connectivity index is 1.86. The Morgan fingerprint density at radius 3 is 2.57 bits per heavy atom. The van der Waals surface area contributed by atoms with E-state index in [0.29, 0.717) is 0 Å². The van der Waals surface area contributed by atoms with Gasteiger partial charge in [0.15, 0.2) is 6.61 Å². The molecule has 0 atom stereocenters. The molecular formula is C18H20N2O3. The summed E-state index contributed by atoms with van der Waals surface area (Å²) in [7, 11) is 1.60. The average Bonchev–Trinajstić information content (AvgIpc) is 2.54. The number of nitrogens with one attached hydrogen (secondary N) is 1. The van der Waals surface area contributed by atoms with Gasteiger partial charge in [-0.2, -0.15) is 5.10 Å². The predicted molar refractivity (Wildman–Crippen MR) is 90.1 cm³/mol. The summed E-state index contributed by atoms with van der Waals surface area (Å²) in [5.74, 6) is 1.16. The third-order valence-corrected chi connectivity index (χ3v) is 3.25. The first kappa shape index (κ1) is 16.5. The number of carbonyl (C=O) groups excluding carboxylic acids is 1. The van der Waals surface area contributed by atoms with Crippen LogP contribution in [-0.2, 0) is 4.79 Å². The fourth-order valence-electron chi connectivity index (χ4n) is 2.10. The zero-order valence-corrected chi connectivity index (χ0v) is 13.5. The number of hydrogen-bond acceptors (Lipinski definition) is 4. The van der Waals surface area contributed by atoms with Gasteiger partial charge in [-0.3, -0.25) is 4.79 Å². The van der Waals surface area contributed by atoms with Gasteiger partial charge in [-0.25, -0.2) is 5.43 Å². The summed E-state index contributed by atoms with van der Waals surface area (Å²) in [6, 6.07) is 13.2. The standard InChI is InChI=1S/C18H20N2O3/c1-13-6-4-7-14(2)18(13)23-12-17(21)20-19-11-15-8-5-9-16(10-15)22-3/h4-11H,12H2,1-3H3,(H,20,21). The Labute approximate surface area is 135 Å². The number of hydrazone groups is 1. The highest BCUT2D eigenvalue weighted by molar-refractivity contribution is 5.83. The minimum atomic E-state index is -0.313. The highest BCUT2D eigenvalue weighted by atomic mass is 16.5. The van der Waals surface area contributed by atoms with E-state index in [1.165, 1.54) is 0 Å².